The fraction of sp³-hybridized carbons (Fsp3) is 0.448. The molecule has 4 heterocycles. The number of nitrogens with zero attached hydrogens (tertiary/aromatic N) is 4. The summed E-state index contributed by atoms with van der Waals surface area (Å²) in [6.45, 7) is 6.02. The van der Waals surface area contributed by atoms with Gasteiger partial charge in [0, 0.05) is 43.4 Å². The number of carbonyl (C=O) groups is 1. The molecule has 1 atom stereocenters. The number of methoxy groups -OCH3 is 1. The van der Waals surface area contributed by atoms with Crippen LogP contribution in [-0.2, 0) is 21.2 Å². The molecule has 0 spiro atoms. The van der Waals surface area contributed by atoms with Crippen LogP contribution in [0.2, 0.25) is 0 Å². The van der Waals surface area contributed by atoms with E-state index in [1.165, 1.54) is 36.9 Å². The maximum absolute atomic E-state index is 12.9. The Balaban J connectivity index is 1.25. The average molecular weight is 596 g/mol. The highest BCUT2D eigenvalue weighted by Gasteiger charge is 2.28. The third-order valence-electron chi connectivity index (χ3n) is 7.80. The lowest BCUT2D eigenvalue weighted by Crippen LogP contribution is -2.45. The number of ether oxygens (including phenoxy) is 1. The number of aliphatic carboxylic acids is 1. The monoisotopic (exact) mass is 595 g/mol. The molecule has 0 bridgehead atoms. The second-order valence-electron chi connectivity index (χ2n) is 10.7. The number of carboxylic acids is 1. The van der Waals surface area contributed by atoms with Gasteiger partial charge in [-0.05, 0) is 75.4 Å². The topological polar surface area (TPSA) is 159 Å². The van der Waals surface area contributed by atoms with Crippen LogP contribution in [0.25, 0.3) is 0 Å². The van der Waals surface area contributed by atoms with Crippen LogP contribution in [0.5, 0.6) is 5.75 Å². The molecule has 2 aromatic heterocycles. The molecule has 0 saturated carbocycles. The van der Waals surface area contributed by atoms with Gasteiger partial charge in [0.05, 0.1) is 12.0 Å². The molecule has 0 radical (unpaired) electrons. The van der Waals surface area contributed by atoms with Crippen molar-refractivity contribution in [3.05, 3.63) is 59.0 Å². The van der Waals surface area contributed by atoms with Crippen LogP contribution in [0.4, 0.5) is 17.5 Å². The first-order valence-electron chi connectivity index (χ1n) is 14.1. The van der Waals surface area contributed by atoms with Crippen LogP contribution >= 0.6 is 0 Å². The lowest BCUT2D eigenvalue weighted by Gasteiger charge is -2.34. The zero-order valence-electron chi connectivity index (χ0n) is 24.1. The van der Waals surface area contributed by atoms with Crippen molar-refractivity contribution in [2.75, 3.05) is 48.8 Å². The van der Waals surface area contributed by atoms with E-state index in [1.54, 1.807) is 6.92 Å². The van der Waals surface area contributed by atoms with E-state index in [1.807, 2.05) is 6.92 Å². The van der Waals surface area contributed by atoms with Gasteiger partial charge in [0.2, 0.25) is 10.0 Å². The van der Waals surface area contributed by atoms with Crippen molar-refractivity contribution in [3.8, 4) is 5.75 Å². The van der Waals surface area contributed by atoms with E-state index in [0.717, 1.165) is 68.2 Å². The Bertz CT molecular complexity index is 1540. The van der Waals surface area contributed by atoms with Gasteiger partial charge in [-0.25, -0.2) is 23.4 Å². The summed E-state index contributed by atoms with van der Waals surface area (Å²) in [5.41, 5.74) is 3.18. The van der Waals surface area contributed by atoms with E-state index in [0.29, 0.717) is 23.3 Å². The molecule has 0 amide bonds. The van der Waals surface area contributed by atoms with Gasteiger partial charge in [-0.2, -0.15) is 4.72 Å². The molecule has 2 aliphatic heterocycles. The maximum atomic E-state index is 12.9. The van der Waals surface area contributed by atoms with Crippen molar-refractivity contribution in [1.29, 1.82) is 0 Å². The minimum absolute atomic E-state index is 0.0591. The summed E-state index contributed by atoms with van der Waals surface area (Å²) in [7, 11) is -2.61. The molecular formula is C29H37N7O5S. The number of aryl methyl sites for hydroxylation is 2. The van der Waals surface area contributed by atoms with Crippen molar-refractivity contribution in [2.24, 2.45) is 0 Å². The number of anilines is 3. The third kappa shape index (κ3) is 6.57. The first kappa shape index (κ1) is 29.5. The average Bonchev–Trinajstić information content (AvgIpc) is 3.00. The predicted octanol–water partition coefficient (Wildman–Crippen LogP) is 3.08. The van der Waals surface area contributed by atoms with E-state index in [-0.39, 0.29) is 11.4 Å². The lowest BCUT2D eigenvalue weighted by molar-refractivity contribution is -0.138. The highest BCUT2D eigenvalue weighted by atomic mass is 32.2. The van der Waals surface area contributed by atoms with Gasteiger partial charge in [0.25, 0.3) is 0 Å². The number of nitrogens with one attached hydrogen (secondary N) is 3. The third-order valence-corrected chi connectivity index (χ3v) is 9.29. The zero-order chi connectivity index (χ0) is 29.9. The first-order valence-corrected chi connectivity index (χ1v) is 15.6. The lowest BCUT2D eigenvalue weighted by atomic mass is 9.92. The highest BCUT2D eigenvalue weighted by molar-refractivity contribution is 7.89. The van der Waals surface area contributed by atoms with Gasteiger partial charge in [-0.1, -0.05) is 6.07 Å². The summed E-state index contributed by atoms with van der Waals surface area (Å²) < 4.78 is 33.1. The highest BCUT2D eigenvalue weighted by Crippen LogP contribution is 2.33. The Morgan fingerprint density at radius 1 is 1.12 bits per heavy atom. The first-order chi connectivity index (χ1) is 20.1. The minimum Gasteiger partial charge on any atom is -0.497 e. The Morgan fingerprint density at radius 3 is 2.55 bits per heavy atom. The number of sulfonamides is 1. The van der Waals surface area contributed by atoms with Crippen molar-refractivity contribution >= 4 is 33.4 Å². The molecule has 1 unspecified atom stereocenters. The fourth-order valence-corrected chi connectivity index (χ4v) is 6.63. The quantitative estimate of drug-likeness (QED) is 0.273. The van der Waals surface area contributed by atoms with E-state index in [9.17, 15) is 18.3 Å². The molecule has 12 nitrogen and oxygen atoms in total. The summed E-state index contributed by atoms with van der Waals surface area (Å²) in [5.74, 6) is 2.36. The van der Waals surface area contributed by atoms with E-state index in [4.69, 9.17) is 14.7 Å². The van der Waals surface area contributed by atoms with Crippen LogP contribution in [0, 0.1) is 13.8 Å². The van der Waals surface area contributed by atoms with Crippen LogP contribution in [-0.4, -0.2) is 73.8 Å². The number of aromatic nitrogens is 3. The molecular weight excluding hydrogens is 558 g/mol. The fourth-order valence-electron chi connectivity index (χ4n) is 5.44. The molecule has 2 aliphatic rings. The van der Waals surface area contributed by atoms with Crippen molar-refractivity contribution < 1.29 is 23.1 Å². The molecule has 0 aliphatic carbocycles. The van der Waals surface area contributed by atoms with Gasteiger partial charge in [-0.15, -0.1) is 0 Å². The summed E-state index contributed by atoms with van der Waals surface area (Å²) >= 11 is 0. The number of benzene rings is 1. The van der Waals surface area contributed by atoms with Crippen LogP contribution in [0.1, 0.15) is 47.8 Å². The normalized spacial score (nSPS) is 16.3. The molecule has 1 saturated heterocycles. The molecule has 42 heavy (non-hydrogen) atoms. The van der Waals surface area contributed by atoms with Gasteiger partial charge in [-0.3, -0.25) is 4.79 Å². The number of fused-ring (bicyclic) bond motifs is 1. The van der Waals surface area contributed by atoms with E-state index < -0.39 is 22.0 Å². The SMILES string of the molecule is COc1ccc(S(=O)(=O)NC(CNc2nc(C)nc(N3CCC(c4ccc5c(n4)NCCC5)CC3)c2C)C(=O)O)cc1. The predicted molar refractivity (Wildman–Crippen MR) is 160 cm³/mol. The van der Waals surface area contributed by atoms with Crippen LogP contribution in [0.3, 0.4) is 0 Å². The Morgan fingerprint density at radius 2 is 1.86 bits per heavy atom. The molecule has 4 N–H and O–H groups in total. The van der Waals surface area contributed by atoms with Crippen molar-refractivity contribution in [1.82, 2.24) is 19.7 Å². The maximum Gasteiger partial charge on any atom is 0.323 e. The Labute approximate surface area is 246 Å². The van der Waals surface area contributed by atoms with E-state index in [2.05, 4.69) is 37.4 Å². The molecule has 1 fully saturated rings. The zero-order valence-corrected chi connectivity index (χ0v) is 24.9. The standard InChI is InChI=1S/C29H37N7O5S/c1-18-26(31-17-25(29(37)38)35-42(39,40)23-9-7-22(41-3)8-10-23)32-19(2)33-28(18)36-15-12-20(13-16-36)24-11-6-21-5-4-14-30-27(21)34-24/h6-11,20,25,35H,4-5,12-17H2,1-3H3,(H,30,34)(H,37,38)(H,31,32,33). The second-order valence-corrected chi connectivity index (χ2v) is 12.4. The van der Waals surface area contributed by atoms with E-state index >= 15 is 0 Å². The van der Waals surface area contributed by atoms with Gasteiger partial charge < -0.3 is 25.4 Å². The largest absolute Gasteiger partial charge is 0.497 e. The number of carboxylic acid groups (broad SMARTS) is 1. The molecule has 1 aromatic carbocycles. The summed E-state index contributed by atoms with van der Waals surface area (Å²) in [6, 6.07) is 8.66. The molecule has 224 valence electrons. The van der Waals surface area contributed by atoms with Crippen molar-refractivity contribution in [3.63, 3.8) is 0 Å². The summed E-state index contributed by atoms with van der Waals surface area (Å²) in [6.07, 6.45) is 4.08. The Hall–Kier alpha value is -3.97. The Kier molecular flexibility index (Phi) is 8.78. The number of hydrogen-bond donors (Lipinski definition) is 4. The smallest absolute Gasteiger partial charge is 0.323 e. The van der Waals surface area contributed by atoms with Gasteiger partial charge in [0.15, 0.2) is 0 Å². The number of hydrogen-bond acceptors (Lipinski definition) is 10. The molecule has 13 heteroatoms. The minimum atomic E-state index is -4.09. The van der Waals surface area contributed by atoms with Gasteiger partial charge >= 0.3 is 5.97 Å². The van der Waals surface area contributed by atoms with Crippen molar-refractivity contribution in [2.45, 2.75) is 56.4 Å². The van der Waals surface area contributed by atoms with Crippen LogP contribution < -0.4 is 25.0 Å². The number of rotatable bonds is 10. The summed E-state index contributed by atoms with van der Waals surface area (Å²) in [5, 5.41) is 16.2. The summed E-state index contributed by atoms with van der Waals surface area (Å²) in [4.78, 5) is 28.3. The number of pyridine rings is 1. The van der Waals surface area contributed by atoms with Crippen LogP contribution in [0.15, 0.2) is 41.3 Å². The number of piperidine rings is 1. The van der Waals surface area contributed by atoms with Gasteiger partial charge in [0.1, 0.15) is 35.1 Å². The molecule has 3 aromatic rings. The molecule has 5 rings (SSSR count). The second kappa shape index (κ2) is 12.5.